The van der Waals surface area contributed by atoms with Gasteiger partial charge in [0.2, 0.25) is 5.91 Å². The molecule has 28 heavy (non-hydrogen) atoms. The minimum atomic E-state index is -3.00. The third kappa shape index (κ3) is 4.48. The number of amides is 2. The number of hydrogen-bond acceptors (Lipinski definition) is 5. The number of halogens is 2. The summed E-state index contributed by atoms with van der Waals surface area (Å²) in [6, 6.07) is 13.0. The van der Waals surface area contributed by atoms with Crippen LogP contribution in [0.15, 0.2) is 48.5 Å². The Morgan fingerprint density at radius 2 is 1.93 bits per heavy atom. The van der Waals surface area contributed by atoms with Crippen molar-refractivity contribution >= 4 is 23.2 Å². The highest BCUT2D eigenvalue weighted by atomic mass is 19.3. The van der Waals surface area contributed by atoms with E-state index < -0.39 is 18.6 Å². The standard InChI is InChI=1S/C19H19F2N3O4/c1-22-18(26)16-10-24(13-7-3-5-9-15(13)27-16)11-17(25)23-12-6-2-4-8-14(12)28-19(20)21/h2-9,16,19H,10-11H2,1H3,(H,22,26)(H,23,25)/t16-/m0/s1. The summed E-state index contributed by atoms with van der Waals surface area (Å²) in [6.45, 7) is -2.94. The highest BCUT2D eigenvalue weighted by molar-refractivity contribution is 5.96. The molecule has 1 aliphatic rings. The van der Waals surface area contributed by atoms with Crippen LogP contribution in [0.3, 0.4) is 0 Å². The van der Waals surface area contributed by atoms with E-state index in [-0.39, 0.29) is 30.4 Å². The van der Waals surface area contributed by atoms with Gasteiger partial charge in [-0.1, -0.05) is 24.3 Å². The van der Waals surface area contributed by atoms with Crippen molar-refractivity contribution in [2.24, 2.45) is 0 Å². The Bertz CT molecular complexity index is 863. The van der Waals surface area contributed by atoms with Crippen molar-refractivity contribution in [2.45, 2.75) is 12.7 Å². The third-order valence-electron chi connectivity index (χ3n) is 4.11. The summed E-state index contributed by atoms with van der Waals surface area (Å²) in [5.74, 6) is -0.402. The second-order valence-electron chi connectivity index (χ2n) is 5.99. The minimum Gasteiger partial charge on any atom is -0.477 e. The van der Waals surface area contributed by atoms with Gasteiger partial charge in [0, 0.05) is 7.05 Å². The zero-order valence-electron chi connectivity index (χ0n) is 15.0. The van der Waals surface area contributed by atoms with Crippen LogP contribution in [0.5, 0.6) is 11.5 Å². The number of hydrogen-bond donors (Lipinski definition) is 2. The Morgan fingerprint density at radius 3 is 2.68 bits per heavy atom. The Morgan fingerprint density at radius 1 is 1.21 bits per heavy atom. The fourth-order valence-corrected chi connectivity index (χ4v) is 2.89. The van der Waals surface area contributed by atoms with Gasteiger partial charge in [0.15, 0.2) is 6.10 Å². The van der Waals surface area contributed by atoms with E-state index in [1.807, 2.05) is 0 Å². The molecule has 0 aromatic heterocycles. The predicted molar refractivity (Wildman–Crippen MR) is 98.8 cm³/mol. The number of fused-ring (bicyclic) bond motifs is 1. The zero-order valence-corrected chi connectivity index (χ0v) is 15.0. The van der Waals surface area contributed by atoms with E-state index in [2.05, 4.69) is 15.4 Å². The molecular weight excluding hydrogens is 372 g/mol. The van der Waals surface area contributed by atoms with Gasteiger partial charge in [0.25, 0.3) is 5.91 Å². The number of ether oxygens (including phenoxy) is 2. The highest BCUT2D eigenvalue weighted by Crippen LogP contribution is 2.33. The number of nitrogens with zero attached hydrogens (tertiary/aromatic N) is 1. The number of carbonyl (C=O) groups excluding carboxylic acids is 2. The van der Waals surface area contributed by atoms with Crippen molar-refractivity contribution in [2.75, 3.05) is 30.4 Å². The fraction of sp³-hybridized carbons (Fsp3) is 0.263. The predicted octanol–water partition coefficient (Wildman–Crippen LogP) is 2.24. The van der Waals surface area contributed by atoms with Crippen LogP contribution in [-0.2, 0) is 9.59 Å². The molecule has 2 amide bonds. The molecule has 0 aliphatic carbocycles. The lowest BCUT2D eigenvalue weighted by atomic mass is 10.1. The minimum absolute atomic E-state index is 0.100. The molecule has 148 valence electrons. The van der Waals surface area contributed by atoms with Crippen LogP contribution in [-0.4, -0.2) is 44.7 Å². The molecule has 0 radical (unpaired) electrons. The summed E-state index contributed by atoms with van der Waals surface area (Å²) in [7, 11) is 1.50. The molecule has 0 saturated heterocycles. The van der Waals surface area contributed by atoms with Crippen molar-refractivity contribution in [3.8, 4) is 11.5 Å². The first kappa shape index (κ1) is 19.4. The number of nitrogens with one attached hydrogen (secondary N) is 2. The van der Waals surface area contributed by atoms with E-state index in [1.54, 1.807) is 35.2 Å². The number of benzene rings is 2. The second-order valence-corrected chi connectivity index (χ2v) is 5.99. The van der Waals surface area contributed by atoms with Crippen molar-refractivity contribution in [1.29, 1.82) is 0 Å². The summed E-state index contributed by atoms with van der Waals surface area (Å²) in [5.41, 5.74) is 0.798. The van der Waals surface area contributed by atoms with Gasteiger partial charge in [0.05, 0.1) is 24.5 Å². The molecule has 2 aromatic rings. The lowest BCUT2D eigenvalue weighted by Crippen LogP contribution is -2.50. The highest BCUT2D eigenvalue weighted by Gasteiger charge is 2.31. The summed E-state index contributed by atoms with van der Waals surface area (Å²) in [6.07, 6.45) is -0.776. The number of alkyl halides is 2. The van der Waals surface area contributed by atoms with E-state index >= 15 is 0 Å². The van der Waals surface area contributed by atoms with Crippen molar-refractivity contribution in [1.82, 2.24) is 5.32 Å². The maximum absolute atomic E-state index is 12.5. The van der Waals surface area contributed by atoms with E-state index in [0.29, 0.717) is 11.4 Å². The van der Waals surface area contributed by atoms with Gasteiger partial charge < -0.3 is 25.0 Å². The summed E-state index contributed by atoms with van der Waals surface area (Å²) < 4.78 is 35.2. The van der Waals surface area contributed by atoms with Crippen LogP contribution >= 0.6 is 0 Å². The molecule has 2 aromatic carbocycles. The average molecular weight is 391 g/mol. The van der Waals surface area contributed by atoms with Gasteiger partial charge in [-0.2, -0.15) is 8.78 Å². The van der Waals surface area contributed by atoms with E-state index in [0.717, 1.165) is 0 Å². The molecule has 0 spiro atoms. The van der Waals surface area contributed by atoms with Crippen molar-refractivity contribution < 1.29 is 27.8 Å². The topological polar surface area (TPSA) is 79.9 Å². The molecule has 3 rings (SSSR count). The van der Waals surface area contributed by atoms with Gasteiger partial charge in [-0.15, -0.1) is 0 Å². The van der Waals surface area contributed by atoms with Crippen LogP contribution in [0.25, 0.3) is 0 Å². The third-order valence-corrected chi connectivity index (χ3v) is 4.11. The summed E-state index contributed by atoms with van der Waals surface area (Å²) >= 11 is 0. The quantitative estimate of drug-likeness (QED) is 0.790. The smallest absolute Gasteiger partial charge is 0.387 e. The maximum Gasteiger partial charge on any atom is 0.387 e. The van der Waals surface area contributed by atoms with Crippen LogP contribution in [0.1, 0.15) is 0 Å². The summed E-state index contributed by atoms with van der Waals surface area (Å²) in [5, 5.41) is 5.10. The van der Waals surface area contributed by atoms with Crippen molar-refractivity contribution in [3.05, 3.63) is 48.5 Å². The first-order valence-electron chi connectivity index (χ1n) is 8.54. The monoisotopic (exact) mass is 391 g/mol. The molecule has 2 N–H and O–H groups in total. The number of rotatable bonds is 6. The first-order valence-corrected chi connectivity index (χ1v) is 8.54. The fourth-order valence-electron chi connectivity index (χ4n) is 2.89. The second kappa shape index (κ2) is 8.55. The molecular formula is C19H19F2N3O4. The maximum atomic E-state index is 12.5. The Balaban J connectivity index is 1.75. The molecule has 1 heterocycles. The molecule has 1 aliphatic heterocycles. The lowest BCUT2D eigenvalue weighted by Gasteiger charge is -2.35. The molecule has 0 bridgehead atoms. The van der Waals surface area contributed by atoms with Crippen molar-refractivity contribution in [3.63, 3.8) is 0 Å². The molecule has 0 unspecified atom stereocenters. The average Bonchev–Trinajstić information content (AvgIpc) is 2.68. The van der Waals surface area contributed by atoms with E-state index in [4.69, 9.17) is 4.74 Å². The Labute approximate surface area is 160 Å². The molecule has 1 atom stereocenters. The summed E-state index contributed by atoms with van der Waals surface area (Å²) in [4.78, 5) is 26.2. The van der Waals surface area contributed by atoms with Crippen LogP contribution < -0.4 is 25.0 Å². The zero-order chi connectivity index (χ0) is 20.1. The van der Waals surface area contributed by atoms with Gasteiger partial charge >= 0.3 is 6.61 Å². The molecule has 0 saturated carbocycles. The van der Waals surface area contributed by atoms with Crippen LogP contribution in [0.4, 0.5) is 20.2 Å². The SMILES string of the molecule is CNC(=O)[C@@H]1CN(CC(=O)Nc2ccccc2OC(F)F)c2ccccc2O1. The number of carbonyl (C=O) groups is 2. The first-order chi connectivity index (χ1) is 13.5. The largest absolute Gasteiger partial charge is 0.477 e. The number of anilines is 2. The van der Waals surface area contributed by atoms with E-state index in [9.17, 15) is 18.4 Å². The van der Waals surface area contributed by atoms with Gasteiger partial charge in [-0.25, -0.2) is 0 Å². The normalized spacial score (nSPS) is 15.4. The molecule has 7 nitrogen and oxygen atoms in total. The van der Waals surface area contributed by atoms with E-state index in [1.165, 1.54) is 25.2 Å². The number of likely N-dealkylation sites (N-methyl/N-ethyl adjacent to an activating group) is 1. The Kier molecular flexibility index (Phi) is 5.93. The lowest BCUT2D eigenvalue weighted by molar-refractivity contribution is -0.127. The number of para-hydroxylation sites is 4. The van der Waals surface area contributed by atoms with Gasteiger partial charge in [0.1, 0.15) is 11.5 Å². The van der Waals surface area contributed by atoms with Gasteiger partial charge in [-0.05, 0) is 24.3 Å². The molecule has 9 heteroatoms. The molecule has 0 fully saturated rings. The van der Waals surface area contributed by atoms with Gasteiger partial charge in [-0.3, -0.25) is 9.59 Å². The Hall–Kier alpha value is -3.36. The van der Waals surface area contributed by atoms with Crippen LogP contribution in [0, 0.1) is 0 Å². The van der Waals surface area contributed by atoms with Crippen LogP contribution in [0.2, 0.25) is 0 Å².